The van der Waals surface area contributed by atoms with Gasteiger partial charge in [-0.15, -0.1) is 20.5 Å². The lowest BCUT2D eigenvalue weighted by Crippen LogP contribution is -2.06. The van der Waals surface area contributed by atoms with E-state index in [4.69, 9.17) is 46.1 Å². The van der Waals surface area contributed by atoms with E-state index in [0.717, 1.165) is 0 Å². The maximum atomic E-state index is 12.2. The summed E-state index contributed by atoms with van der Waals surface area (Å²) in [6, 6.07) is 22.1. The van der Waals surface area contributed by atoms with Gasteiger partial charge >= 0.3 is 0 Å². The van der Waals surface area contributed by atoms with E-state index in [-0.39, 0.29) is 66.3 Å². The Kier molecular flexibility index (Phi) is 8.85. The second-order valence-corrected chi connectivity index (χ2v) is 14.3. The lowest BCUT2D eigenvalue weighted by molar-refractivity contribution is 0.482. The smallest absolute Gasteiger partial charge is 0.297 e. The van der Waals surface area contributed by atoms with Crippen LogP contribution in [0, 0.1) is 0 Å². The van der Waals surface area contributed by atoms with E-state index in [0.29, 0.717) is 21.9 Å². The summed E-state index contributed by atoms with van der Waals surface area (Å²) in [6.45, 7) is 0. The highest BCUT2D eigenvalue weighted by Gasteiger charge is 2.25. The van der Waals surface area contributed by atoms with Gasteiger partial charge < -0.3 is 22.9 Å². The molecule has 0 fully saturated rings. The summed E-state index contributed by atoms with van der Waals surface area (Å²) in [7, 11) is -9.49. The lowest BCUT2D eigenvalue weighted by Gasteiger charge is -2.13. The Labute approximate surface area is 294 Å². The third kappa shape index (κ3) is 6.26. The van der Waals surface area contributed by atoms with Crippen LogP contribution in [0.25, 0.3) is 32.7 Å². The fraction of sp³-hybridized carbons (Fsp3) is 0. The molecule has 18 heteroatoms. The number of azo groups is 2. The highest BCUT2D eigenvalue weighted by atomic mass is 35.5. The molecule has 0 aliphatic heterocycles. The fourth-order valence-corrected chi connectivity index (χ4v) is 7.49. The summed E-state index contributed by atoms with van der Waals surface area (Å²) in [5, 5.41) is 17.6. The summed E-state index contributed by atoms with van der Waals surface area (Å²) in [4.78, 5) is -1.07. The highest BCUT2D eigenvalue weighted by Crippen LogP contribution is 2.45. The zero-order valence-electron chi connectivity index (χ0n) is 25.3. The molecule has 0 bridgehead atoms. The van der Waals surface area contributed by atoms with Gasteiger partial charge in [-0.3, -0.25) is 9.11 Å². The second-order valence-electron chi connectivity index (χ2n) is 10.8. The SMILES string of the molecule is Nc1c(N=Nc2ccc(-c3ccc(N=Nc4c(N)c(S(=O)(=O)O)c5ccccc5c4N)c(Cl)c3)cc2Cl)c(N)c2ccccc2c1S(=O)(=O)O. The van der Waals surface area contributed by atoms with Crippen LogP contribution in [0.3, 0.4) is 0 Å². The van der Waals surface area contributed by atoms with Crippen molar-refractivity contribution in [1.82, 2.24) is 0 Å². The van der Waals surface area contributed by atoms with E-state index in [1.165, 1.54) is 12.1 Å². The maximum absolute atomic E-state index is 12.2. The van der Waals surface area contributed by atoms with Gasteiger partial charge in [0.15, 0.2) is 0 Å². The number of nitrogens with two attached hydrogens (primary N) is 4. The summed E-state index contributed by atoms with van der Waals surface area (Å²) < 4.78 is 68.4. The monoisotopic (exact) mass is 750 g/mol. The van der Waals surface area contributed by atoms with Gasteiger partial charge in [-0.25, -0.2) is 0 Å². The van der Waals surface area contributed by atoms with Gasteiger partial charge in [0.1, 0.15) is 32.5 Å². The molecule has 254 valence electrons. The molecule has 0 radical (unpaired) electrons. The number of anilines is 4. The average Bonchev–Trinajstić information content (AvgIpc) is 3.04. The van der Waals surface area contributed by atoms with Gasteiger partial charge in [0.05, 0.1) is 32.8 Å². The molecular formula is C32H24Cl2N8O6S2. The molecule has 0 aromatic heterocycles. The number of nitrogens with zero attached hydrogens (tertiary/aromatic N) is 4. The molecule has 0 heterocycles. The van der Waals surface area contributed by atoms with Crippen molar-refractivity contribution in [3.63, 3.8) is 0 Å². The Morgan fingerprint density at radius 2 is 0.820 bits per heavy atom. The van der Waals surface area contributed by atoms with Gasteiger partial charge in [0, 0.05) is 21.5 Å². The predicted octanol–water partition coefficient (Wildman–Crippen LogP) is 8.62. The van der Waals surface area contributed by atoms with Crippen molar-refractivity contribution >= 4 is 110 Å². The largest absolute Gasteiger partial charge is 0.396 e. The third-order valence-corrected chi connectivity index (χ3v) is 10.2. The second kappa shape index (κ2) is 12.8. The molecule has 14 nitrogen and oxygen atoms in total. The molecule has 0 saturated heterocycles. The van der Waals surface area contributed by atoms with E-state index < -0.39 is 30.0 Å². The topological polar surface area (TPSA) is 262 Å². The molecule has 6 aromatic carbocycles. The molecular weight excluding hydrogens is 727 g/mol. The van der Waals surface area contributed by atoms with Gasteiger partial charge in [-0.1, -0.05) is 83.9 Å². The first-order valence-electron chi connectivity index (χ1n) is 14.1. The van der Waals surface area contributed by atoms with Crippen LogP contribution in [0.15, 0.2) is 115 Å². The van der Waals surface area contributed by atoms with Crippen LogP contribution in [0.5, 0.6) is 0 Å². The molecule has 0 spiro atoms. The Morgan fingerprint density at radius 1 is 0.480 bits per heavy atom. The Hall–Kier alpha value is -5.36. The van der Waals surface area contributed by atoms with Gasteiger partial charge in [0.25, 0.3) is 20.2 Å². The van der Waals surface area contributed by atoms with E-state index in [1.54, 1.807) is 72.8 Å². The molecule has 6 rings (SSSR count). The van der Waals surface area contributed by atoms with Gasteiger partial charge in [-0.05, 0) is 35.4 Å². The third-order valence-electron chi connectivity index (χ3n) is 7.69. The van der Waals surface area contributed by atoms with Crippen LogP contribution in [-0.2, 0) is 20.2 Å². The fourth-order valence-electron chi connectivity index (χ4n) is 5.40. The lowest BCUT2D eigenvalue weighted by atomic mass is 10.0. The van der Waals surface area contributed by atoms with E-state index >= 15 is 0 Å². The number of nitrogen functional groups attached to an aromatic ring is 4. The first-order chi connectivity index (χ1) is 23.6. The van der Waals surface area contributed by atoms with E-state index in [1.807, 2.05) is 0 Å². The summed E-state index contributed by atoms with van der Waals surface area (Å²) >= 11 is 13.1. The molecule has 0 aliphatic carbocycles. The molecule has 6 aromatic rings. The molecule has 0 unspecified atom stereocenters. The Bertz CT molecular complexity index is 2500. The summed E-state index contributed by atoms with van der Waals surface area (Å²) in [6.07, 6.45) is 0. The molecule has 0 amide bonds. The average molecular weight is 752 g/mol. The van der Waals surface area contributed by atoms with Crippen LogP contribution in [0.4, 0.5) is 45.5 Å². The van der Waals surface area contributed by atoms with Gasteiger partial charge in [0.2, 0.25) is 0 Å². The normalized spacial score (nSPS) is 12.5. The number of hydrogen-bond acceptors (Lipinski definition) is 12. The van der Waals surface area contributed by atoms with E-state index in [9.17, 15) is 25.9 Å². The van der Waals surface area contributed by atoms with Crippen molar-refractivity contribution in [3.8, 4) is 11.1 Å². The quantitative estimate of drug-likeness (QED) is 0.0513. The number of hydrogen-bond donors (Lipinski definition) is 6. The molecule has 0 saturated carbocycles. The Balaban J connectivity index is 1.31. The minimum absolute atomic E-state index is 0.0544. The van der Waals surface area contributed by atoms with Crippen LogP contribution in [0.2, 0.25) is 10.0 Å². The molecule has 10 N–H and O–H groups in total. The zero-order chi connectivity index (χ0) is 36.1. The van der Waals surface area contributed by atoms with Crippen LogP contribution >= 0.6 is 23.2 Å². The van der Waals surface area contributed by atoms with Crippen LogP contribution < -0.4 is 22.9 Å². The molecule has 0 atom stereocenters. The summed E-state index contributed by atoms with van der Waals surface area (Å²) in [5.74, 6) is 0. The van der Waals surface area contributed by atoms with Crippen LogP contribution in [0.1, 0.15) is 0 Å². The minimum Gasteiger partial charge on any atom is -0.396 e. The van der Waals surface area contributed by atoms with Crippen LogP contribution in [-0.4, -0.2) is 25.9 Å². The highest BCUT2D eigenvalue weighted by molar-refractivity contribution is 7.86. The first-order valence-corrected chi connectivity index (χ1v) is 17.8. The number of fused-ring (bicyclic) bond motifs is 2. The molecule has 0 aliphatic rings. The van der Waals surface area contributed by atoms with Crippen molar-refractivity contribution in [3.05, 3.63) is 95.0 Å². The maximum Gasteiger partial charge on any atom is 0.297 e. The van der Waals surface area contributed by atoms with Crippen molar-refractivity contribution in [2.45, 2.75) is 9.79 Å². The standard InChI is InChI=1S/C32H24Cl2N8O6S2/c33-21-13-15(9-11-23(21)39-41-29-25(35)17-5-1-3-7-19(17)31(27(29)37)49(43,44)45)16-10-12-24(22(34)14-16)40-42-30-26(36)18-6-2-4-8-20(18)32(28(30)38)50(46,47)48/h1-14H,35-38H2,(H,43,44,45)(H,46,47,48). The predicted molar refractivity (Wildman–Crippen MR) is 195 cm³/mol. The zero-order valence-corrected chi connectivity index (χ0v) is 28.4. The van der Waals surface area contributed by atoms with E-state index in [2.05, 4.69) is 20.5 Å². The Morgan fingerprint density at radius 3 is 1.14 bits per heavy atom. The van der Waals surface area contributed by atoms with Crippen molar-refractivity contribution < 1.29 is 25.9 Å². The van der Waals surface area contributed by atoms with Crippen molar-refractivity contribution in [2.24, 2.45) is 20.5 Å². The van der Waals surface area contributed by atoms with Gasteiger partial charge in [-0.2, -0.15) is 16.8 Å². The molecule has 50 heavy (non-hydrogen) atoms. The first kappa shape index (κ1) is 34.5. The van der Waals surface area contributed by atoms with Crippen molar-refractivity contribution in [1.29, 1.82) is 0 Å². The number of benzene rings is 6. The summed E-state index contributed by atoms with van der Waals surface area (Å²) in [5.41, 5.74) is 25.4. The number of rotatable bonds is 7. The van der Waals surface area contributed by atoms with Crippen molar-refractivity contribution in [2.75, 3.05) is 22.9 Å². The number of halogens is 2. The minimum atomic E-state index is -4.74.